The molecule has 3 rings (SSSR count). The molecule has 0 spiro atoms. The van der Waals surface area contributed by atoms with Gasteiger partial charge < -0.3 is 0 Å². The maximum atomic E-state index is 5.64. The van der Waals surface area contributed by atoms with Crippen molar-refractivity contribution in [3.63, 3.8) is 0 Å². The van der Waals surface area contributed by atoms with E-state index in [1.165, 1.54) is 5.71 Å². The van der Waals surface area contributed by atoms with Crippen LogP contribution < -0.4 is 5.43 Å². The van der Waals surface area contributed by atoms with Crippen LogP contribution in [0.4, 0.5) is 5.82 Å². The maximum absolute atomic E-state index is 5.64. The Hall–Kier alpha value is -1.42. The fraction of sp³-hybridized carbons (Fsp3) is 0.364. The minimum atomic E-state index is 0.391. The average Bonchev–Trinajstić information content (AvgIpc) is 2.63. The molecule has 0 saturated heterocycles. The highest BCUT2D eigenvalue weighted by atomic mass is 35.5. The van der Waals surface area contributed by atoms with E-state index >= 15 is 0 Å². The molecule has 0 unspecified atom stereocenters. The number of hydrogen-bond acceptors (Lipinski definition) is 4. The van der Waals surface area contributed by atoms with E-state index in [0.717, 1.165) is 18.8 Å². The molecule has 5 heteroatoms. The van der Waals surface area contributed by atoms with Crippen LogP contribution in [0.3, 0.4) is 0 Å². The van der Waals surface area contributed by atoms with Crippen LogP contribution in [0.2, 0.25) is 5.15 Å². The number of hydrogen-bond donors (Lipinski definition) is 1. The molecule has 0 aliphatic heterocycles. The van der Waals surface area contributed by atoms with Crippen molar-refractivity contribution in [3.05, 3.63) is 29.4 Å². The average molecular weight is 235 g/mol. The van der Waals surface area contributed by atoms with Gasteiger partial charge in [-0.25, -0.2) is 0 Å². The number of aromatic nitrogens is 2. The summed E-state index contributed by atoms with van der Waals surface area (Å²) in [7, 11) is 0. The fourth-order valence-corrected chi connectivity index (χ4v) is 2.27. The van der Waals surface area contributed by atoms with Gasteiger partial charge in [0.15, 0.2) is 11.0 Å². The number of nitrogens with one attached hydrogen (secondary N) is 1. The summed E-state index contributed by atoms with van der Waals surface area (Å²) in [5.74, 6) is 1.97. The Labute approximate surface area is 98.4 Å². The number of allylic oxidation sites excluding steroid dienone is 2. The summed E-state index contributed by atoms with van der Waals surface area (Å²) in [6, 6.07) is 3.46. The first kappa shape index (κ1) is 9.78. The van der Waals surface area contributed by atoms with Gasteiger partial charge in [-0.1, -0.05) is 23.8 Å². The second-order valence-corrected chi connectivity index (χ2v) is 4.48. The zero-order chi connectivity index (χ0) is 11.0. The lowest BCUT2D eigenvalue weighted by molar-refractivity contribution is 0.466. The van der Waals surface area contributed by atoms with E-state index in [0.29, 0.717) is 16.9 Å². The summed E-state index contributed by atoms with van der Waals surface area (Å²) < 4.78 is 0. The molecule has 82 valence electrons. The molecule has 0 aromatic carbocycles. The molecule has 0 radical (unpaired) electrons. The molecular weight excluding hydrogens is 224 g/mol. The van der Waals surface area contributed by atoms with Crippen molar-refractivity contribution in [3.8, 4) is 0 Å². The summed E-state index contributed by atoms with van der Waals surface area (Å²) in [5, 5.41) is 12.4. The lowest BCUT2D eigenvalue weighted by atomic mass is 9.74. The second-order valence-electron chi connectivity index (χ2n) is 4.09. The first-order valence-corrected chi connectivity index (χ1v) is 5.69. The highest BCUT2D eigenvalue weighted by molar-refractivity contribution is 6.29. The molecule has 16 heavy (non-hydrogen) atoms. The molecule has 1 saturated carbocycles. The lowest BCUT2D eigenvalue weighted by Crippen LogP contribution is -2.33. The molecule has 1 heterocycles. The summed E-state index contributed by atoms with van der Waals surface area (Å²) in [6.45, 7) is 0. The number of fused-ring (bicyclic) bond motifs is 1. The van der Waals surface area contributed by atoms with Gasteiger partial charge in [-0.15, -0.1) is 10.2 Å². The lowest BCUT2D eigenvalue weighted by Gasteiger charge is -2.31. The molecule has 1 fully saturated rings. The Morgan fingerprint density at radius 3 is 3.06 bits per heavy atom. The third kappa shape index (κ3) is 1.69. The van der Waals surface area contributed by atoms with Crippen molar-refractivity contribution in [2.24, 2.45) is 16.9 Å². The Morgan fingerprint density at radius 1 is 1.38 bits per heavy atom. The molecule has 0 bridgehead atoms. The van der Waals surface area contributed by atoms with Crippen LogP contribution >= 0.6 is 11.6 Å². The van der Waals surface area contributed by atoms with Crippen LogP contribution in [0.5, 0.6) is 0 Å². The SMILES string of the molecule is Clc1ccc(N/N=C2\C[C@@H]3C=CC[C@@H]23)nn1. The van der Waals surface area contributed by atoms with Gasteiger partial charge in [-0.2, -0.15) is 5.10 Å². The van der Waals surface area contributed by atoms with Gasteiger partial charge in [0, 0.05) is 11.6 Å². The smallest absolute Gasteiger partial charge is 0.168 e. The van der Waals surface area contributed by atoms with Gasteiger partial charge in [0.05, 0.1) is 0 Å². The van der Waals surface area contributed by atoms with E-state index < -0.39 is 0 Å². The Kier molecular flexibility index (Phi) is 2.36. The Balaban J connectivity index is 1.64. The molecule has 2 aliphatic rings. The van der Waals surface area contributed by atoms with Gasteiger partial charge in [0.1, 0.15) is 0 Å². The second kappa shape index (κ2) is 3.87. The van der Waals surface area contributed by atoms with Gasteiger partial charge in [0.2, 0.25) is 0 Å². The first-order chi connectivity index (χ1) is 7.83. The van der Waals surface area contributed by atoms with E-state index in [2.05, 4.69) is 32.9 Å². The molecule has 1 aromatic rings. The van der Waals surface area contributed by atoms with Crippen molar-refractivity contribution >= 4 is 23.1 Å². The van der Waals surface area contributed by atoms with Crippen LogP contribution in [0.25, 0.3) is 0 Å². The van der Waals surface area contributed by atoms with Gasteiger partial charge in [-0.3, -0.25) is 5.43 Å². The Morgan fingerprint density at radius 2 is 2.31 bits per heavy atom. The first-order valence-electron chi connectivity index (χ1n) is 5.31. The van der Waals surface area contributed by atoms with Crippen LogP contribution in [-0.2, 0) is 0 Å². The van der Waals surface area contributed by atoms with E-state index in [1.54, 1.807) is 12.1 Å². The fourth-order valence-electron chi connectivity index (χ4n) is 2.17. The largest absolute Gasteiger partial charge is 0.260 e. The van der Waals surface area contributed by atoms with Crippen LogP contribution in [-0.4, -0.2) is 15.9 Å². The summed E-state index contributed by atoms with van der Waals surface area (Å²) >= 11 is 5.64. The predicted octanol–water partition coefficient (Wildman–Crippen LogP) is 2.49. The highest BCUT2D eigenvalue weighted by Gasteiger charge is 2.37. The number of halogens is 1. The maximum Gasteiger partial charge on any atom is 0.168 e. The predicted molar refractivity (Wildman–Crippen MR) is 63.5 cm³/mol. The van der Waals surface area contributed by atoms with Crippen molar-refractivity contribution in [1.29, 1.82) is 0 Å². The van der Waals surface area contributed by atoms with Crippen LogP contribution in [0.1, 0.15) is 12.8 Å². The summed E-state index contributed by atoms with van der Waals surface area (Å²) in [5.41, 5.74) is 4.14. The normalized spacial score (nSPS) is 28.9. The molecule has 4 nitrogen and oxygen atoms in total. The van der Waals surface area contributed by atoms with E-state index in [4.69, 9.17) is 11.6 Å². The van der Waals surface area contributed by atoms with Crippen molar-refractivity contribution in [1.82, 2.24) is 10.2 Å². The quantitative estimate of drug-likeness (QED) is 0.632. The standard InChI is InChI=1S/C11H11ClN4/c12-10-4-5-11(16-14-10)15-13-9-6-7-2-1-3-8(7)9/h1-2,4-5,7-8H,3,6H2,(H,15,16)/b13-9+/t7-,8+/m0/s1. The third-order valence-electron chi connectivity index (χ3n) is 3.11. The van der Waals surface area contributed by atoms with Gasteiger partial charge in [0.25, 0.3) is 0 Å². The minimum absolute atomic E-state index is 0.391. The van der Waals surface area contributed by atoms with E-state index in [1.807, 2.05) is 0 Å². The number of rotatable bonds is 2. The Bertz CT molecular complexity index is 452. The molecule has 1 aromatic heterocycles. The third-order valence-corrected chi connectivity index (χ3v) is 3.31. The summed E-state index contributed by atoms with van der Waals surface area (Å²) in [6.07, 6.45) is 6.71. The zero-order valence-electron chi connectivity index (χ0n) is 8.60. The van der Waals surface area contributed by atoms with Gasteiger partial charge >= 0.3 is 0 Å². The van der Waals surface area contributed by atoms with Crippen LogP contribution in [0, 0.1) is 11.8 Å². The molecule has 1 N–H and O–H groups in total. The molecule has 2 atom stereocenters. The highest BCUT2D eigenvalue weighted by Crippen LogP contribution is 2.40. The molecule has 2 aliphatic carbocycles. The van der Waals surface area contributed by atoms with Crippen molar-refractivity contribution in [2.75, 3.05) is 5.43 Å². The monoisotopic (exact) mass is 234 g/mol. The van der Waals surface area contributed by atoms with Crippen molar-refractivity contribution in [2.45, 2.75) is 12.8 Å². The van der Waals surface area contributed by atoms with Crippen molar-refractivity contribution < 1.29 is 0 Å². The van der Waals surface area contributed by atoms with Gasteiger partial charge in [-0.05, 0) is 30.9 Å². The molecular formula is C11H11ClN4. The van der Waals surface area contributed by atoms with Crippen LogP contribution in [0.15, 0.2) is 29.4 Å². The summed E-state index contributed by atoms with van der Waals surface area (Å²) in [4.78, 5) is 0. The molecule has 0 amide bonds. The minimum Gasteiger partial charge on any atom is -0.260 e. The zero-order valence-corrected chi connectivity index (χ0v) is 9.35. The topological polar surface area (TPSA) is 50.2 Å². The van der Waals surface area contributed by atoms with E-state index in [-0.39, 0.29) is 0 Å². The van der Waals surface area contributed by atoms with E-state index in [9.17, 15) is 0 Å². The number of anilines is 1. The number of nitrogens with zero attached hydrogens (tertiary/aromatic N) is 3. The number of hydrazone groups is 1.